The molecule has 3 N–H and O–H groups in total. The molecule has 20 heavy (non-hydrogen) atoms. The highest BCUT2D eigenvalue weighted by molar-refractivity contribution is 9.10. The zero-order chi connectivity index (χ0) is 14.4. The Bertz CT molecular complexity index is 545. The van der Waals surface area contributed by atoms with Gasteiger partial charge in [0.2, 0.25) is 0 Å². The van der Waals surface area contributed by atoms with Crippen LogP contribution in [0.2, 0.25) is 5.02 Å². The quantitative estimate of drug-likeness (QED) is 0.606. The second-order valence-electron chi connectivity index (χ2n) is 4.83. The Labute approximate surface area is 133 Å². The Kier molecular flexibility index (Phi) is 6.05. The molecule has 1 unspecified atom stereocenters. The average Bonchev–Trinajstić information content (AvgIpc) is 2.46. The molecule has 0 bridgehead atoms. The molecule has 2 rings (SSSR count). The fourth-order valence-electron chi connectivity index (χ4n) is 2.18. The van der Waals surface area contributed by atoms with Crippen LogP contribution in [0.5, 0.6) is 0 Å². The van der Waals surface area contributed by atoms with Gasteiger partial charge in [-0.05, 0) is 42.5 Å². The summed E-state index contributed by atoms with van der Waals surface area (Å²) in [7, 11) is 0. The number of benzene rings is 2. The molecular weight excluding hydrogens is 336 g/mol. The van der Waals surface area contributed by atoms with Crippen LogP contribution < -0.4 is 11.3 Å². The Balaban J connectivity index is 1.95. The van der Waals surface area contributed by atoms with Gasteiger partial charge in [0.15, 0.2) is 0 Å². The predicted molar refractivity (Wildman–Crippen MR) is 88.7 cm³/mol. The molecule has 106 valence electrons. The van der Waals surface area contributed by atoms with E-state index in [1.165, 1.54) is 5.56 Å². The minimum absolute atomic E-state index is 0.217. The summed E-state index contributed by atoms with van der Waals surface area (Å²) in [6.45, 7) is 0. The molecule has 0 aromatic heterocycles. The number of nitrogens with one attached hydrogen (secondary N) is 1. The van der Waals surface area contributed by atoms with Gasteiger partial charge in [-0.3, -0.25) is 11.3 Å². The van der Waals surface area contributed by atoms with Crippen molar-refractivity contribution >= 4 is 27.5 Å². The third-order valence-corrected chi connectivity index (χ3v) is 4.19. The molecule has 0 saturated carbocycles. The van der Waals surface area contributed by atoms with Gasteiger partial charge < -0.3 is 0 Å². The highest BCUT2D eigenvalue weighted by atomic mass is 79.9. The van der Waals surface area contributed by atoms with Gasteiger partial charge in [0, 0.05) is 15.5 Å². The molecule has 0 aliphatic rings. The topological polar surface area (TPSA) is 38.0 Å². The van der Waals surface area contributed by atoms with Gasteiger partial charge in [0.1, 0.15) is 0 Å². The zero-order valence-corrected chi connectivity index (χ0v) is 13.5. The first-order valence-electron chi connectivity index (χ1n) is 6.63. The Morgan fingerprint density at radius 1 is 1.15 bits per heavy atom. The van der Waals surface area contributed by atoms with Crippen molar-refractivity contribution in [1.29, 1.82) is 0 Å². The lowest BCUT2D eigenvalue weighted by Crippen LogP contribution is -2.37. The van der Waals surface area contributed by atoms with Crippen LogP contribution in [-0.2, 0) is 12.8 Å². The molecule has 0 radical (unpaired) electrons. The summed E-state index contributed by atoms with van der Waals surface area (Å²) in [5, 5.41) is 0.777. The summed E-state index contributed by atoms with van der Waals surface area (Å²) in [6.07, 6.45) is 2.81. The first-order chi connectivity index (χ1) is 9.69. The number of rotatable bonds is 6. The molecule has 0 saturated heterocycles. The maximum Gasteiger partial charge on any atom is 0.0449 e. The van der Waals surface area contributed by atoms with Gasteiger partial charge in [-0.1, -0.05) is 63.9 Å². The Morgan fingerprint density at radius 2 is 1.90 bits per heavy atom. The fourth-order valence-corrected chi connectivity index (χ4v) is 2.93. The third-order valence-electron chi connectivity index (χ3n) is 3.34. The number of hydrogen-bond acceptors (Lipinski definition) is 2. The molecule has 1 atom stereocenters. The van der Waals surface area contributed by atoms with Gasteiger partial charge in [0.25, 0.3) is 0 Å². The molecule has 0 aliphatic carbocycles. The maximum atomic E-state index is 6.25. The van der Waals surface area contributed by atoms with Crippen LogP contribution in [-0.4, -0.2) is 6.04 Å². The van der Waals surface area contributed by atoms with Gasteiger partial charge in [-0.25, -0.2) is 0 Å². The summed E-state index contributed by atoms with van der Waals surface area (Å²) in [5.74, 6) is 5.66. The summed E-state index contributed by atoms with van der Waals surface area (Å²) in [4.78, 5) is 0. The monoisotopic (exact) mass is 352 g/mol. The van der Waals surface area contributed by atoms with Crippen molar-refractivity contribution in [3.05, 3.63) is 69.2 Å². The largest absolute Gasteiger partial charge is 0.271 e. The molecule has 0 heterocycles. The van der Waals surface area contributed by atoms with E-state index in [0.717, 1.165) is 34.3 Å². The summed E-state index contributed by atoms with van der Waals surface area (Å²) in [6, 6.07) is 16.6. The maximum absolute atomic E-state index is 6.25. The molecule has 2 aromatic rings. The lowest BCUT2D eigenvalue weighted by atomic mass is 9.99. The Hall–Kier alpha value is -0.870. The summed E-state index contributed by atoms with van der Waals surface area (Å²) < 4.78 is 0.993. The molecule has 2 nitrogen and oxygen atoms in total. The molecule has 4 heteroatoms. The molecule has 2 aromatic carbocycles. The van der Waals surface area contributed by atoms with Gasteiger partial charge >= 0.3 is 0 Å². The number of aryl methyl sites for hydroxylation is 1. The van der Waals surface area contributed by atoms with Crippen molar-refractivity contribution in [3.63, 3.8) is 0 Å². The number of nitrogens with two attached hydrogens (primary N) is 1. The van der Waals surface area contributed by atoms with E-state index < -0.39 is 0 Å². The van der Waals surface area contributed by atoms with E-state index in [-0.39, 0.29) is 6.04 Å². The highest BCUT2D eigenvalue weighted by Gasteiger charge is 2.10. The first-order valence-corrected chi connectivity index (χ1v) is 7.80. The van der Waals surface area contributed by atoms with Gasteiger partial charge in [-0.2, -0.15) is 0 Å². The summed E-state index contributed by atoms with van der Waals surface area (Å²) >= 11 is 9.67. The third kappa shape index (κ3) is 4.60. The second-order valence-corrected chi connectivity index (χ2v) is 6.15. The molecule has 0 aliphatic heterocycles. The summed E-state index contributed by atoms with van der Waals surface area (Å²) in [5.41, 5.74) is 5.34. The van der Waals surface area contributed by atoms with E-state index in [1.54, 1.807) is 0 Å². The smallest absolute Gasteiger partial charge is 0.0449 e. The lowest BCUT2D eigenvalue weighted by molar-refractivity contribution is 0.491. The van der Waals surface area contributed by atoms with Crippen LogP contribution in [0.25, 0.3) is 0 Å². The van der Waals surface area contributed by atoms with Crippen molar-refractivity contribution in [1.82, 2.24) is 5.43 Å². The van der Waals surface area contributed by atoms with Crippen LogP contribution in [0.3, 0.4) is 0 Å². The molecule has 0 fully saturated rings. The lowest BCUT2D eigenvalue weighted by Gasteiger charge is -2.17. The Morgan fingerprint density at radius 3 is 2.55 bits per heavy atom. The molecular formula is C16H18BrClN2. The van der Waals surface area contributed by atoms with Crippen molar-refractivity contribution in [2.75, 3.05) is 0 Å². The number of hydrazine groups is 1. The van der Waals surface area contributed by atoms with Crippen LogP contribution in [0.15, 0.2) is 53.0 Å². The number of hydrogen-bond donors (Lipinski definition) is 2. The van der Waals surface area contributed by atoms with Crippen LogP contribution in [0.4, 0.5) is 0 Å². The van der Waals surface area contributed by atoms with E-state index in [4.69, 9.17) is 17.4 Å². The van der Waals surface area contributed by atoms with Crippen molar-refractivity contribution < 1.29 is 0 Å². The van der Waals surface area contributed by atoms with E-state index in [9.17, 15) is 0 Å². The van der Waals surface area contributed by atoms with E-state index in [0.29, 0.717) is 0 Å². The second kappa shape index (κ2) is 7.79. The fraction of sp³-hybridized carbons (Fsp3) is 0.250. The van der Waals surface area contributed by atoms with Crippen molar-refractivity contribution in [3.8, 4) is 0 Å². The minimum atomic E-state index is 0.217. The highest BCUT2D eigenvalue weighted by Crippen LogP contribution is 2.23. The van der Waals surface area contributed by atoms with Crippen LogP contribution in [0.1, 0.15) is 17.5 Å². The van der Waals surface area contributed by atoms with Gasteiger partial charge in [-0.15, -0.1) is 0 Å². The minimum Gasteiger partial charge on any atom is -0.271 e. The van der Waals surface area contributed by atoms with Crippen LogP contribution in [0, 0.1) is 0 Å². The number of halogens is 2. The van der Waals surface area contributed by atoms with Crippen LogP contribution >= 0.6 is 27.5 Å². The van der Waals surface area contributed by atoms with Crippen molar-refractivity contribution in [2.45, 2.75) is 25.3 Å². The average molecular weight is 354 g/mol. The SMILES string of the molecule is NNC(CCc1ccccc1)Cc1ccc(Br)cc1Cl. The predicted octanol–water partition coefficient (Wildman–Crippen LogP) is 4.11. The van der Waals surface area contributed by atoms with E-state index in [2.05, 4.69) is 45.6 Å². The van der Waals surface area contributed by atoms with Crippen molar-refractivity contribution in [2.24, 2.45) is 5.84 Å². The standard InChI is InChI=1S/C16H18BrClN2/c17-14-8-7-13(16(18)11-14)10-15(20-19)9-6-12-4-2-1-3-5-12/h1-5,7-8,11,15,20H,6,9-10,19H2. The zero-order valence-electron chi connectivity index (χ0n) is 11.2. The first kappa shape index (κ1) is 15.5. The molecule has 0 spiro atoms. The van der Waals surface area contributed by atoms with Gasteiger partial charge in [0.05, 0.1) is 0 Å². The molecule has 0 amide bonds. The normalized spacial score (nSPS) is 12.3. The van der Waals surface area contributed by atoms with E-state index >= 15 is 0 Å². The van der Waals surface area contributed by atoms with E-state index in [1.807, 2.05) is 24.3 Å².